The van der Waals surface area contributed by atoms with Gasteiger partial charge in [0.15, 0.2) is 8.32 Å². The van der Waals surface area contributed by atoms with E-state index in [1.807, 2.05) is 13.0 Å². The van der Waals surface area contributed by atoms with E-state index in [1.54, 1.807) is 6.07 Å². The largest absolute Gasteiger partial charge is 0.464 e. The fourth-order valence-electron chi connectivity index (χ4n) is 1.51. The molecule has 0 fully saturated rings. The lowest BCUT2D eigenvalue weighted by Crippen LogP contribution is -2.40. The smallest absolute Gasteiger partial charge is 0.356 e. The first-order valence-electron chi connectivity index (χ1n) is 6.76. The average Bonchev–Trinajstić information content (AvgIpc) is 2.33. The summed E-state index contributed by atoms with van der Waals surface area (Å²) in [7, 11) is -0.435. The number of carbonyl (C=O) groups excluding carboxylic acids is 1. The summed E-state index contributed by atoms with van der Waals surface area (Å²) in [6.45, 7) is 13.4. The summed E-state index contributed by atoms with van der Waals surface area (Å²) in [5.74, 6) is -0.415. The predicted molar refractivity (Wildman–Crippen MR) is 82.3 cm³/mol. The van der Waals surface area contributed by atoms with Crippen LogP contribution < -0.4 is 0 Å². The standard InChI is InChI=1S/C15H25NO3Si/c1-11-8-12(9-13(16-11)14(17)18-5)10-19-20(6,7)15(2,3)4/h8-9H,10H2,1-7H3. The van der Waals surface area contributed by atoms with Gasteiger partial charge in [0.2, 0.25) is 0 Å². The molecule has 4 nitrogen and oxygen atoms in total. The van der Waals surface area contributed by atoms with E-state index in [-0.39, 0.29) is 5.04 Å². The summed E-state index contributed by atoms with van der Waals surface area (Å²) in [4.78, 5) is 15.7. The van der Waals surface area contributed by atoms with E-state index in [0.717, 1.165) is 11.3 Å². The number of rotatable bonds is 4. The lowest BCUT2D eigenvalue weighted by Gasteiger charge is -2.36. The number of ether oxygens (including phenoxy) is 1. The summed E-state index contributed by atoms with van der Waals surface area (Å²) in [6.07, 6.45) is 0. The van der Waals surface area contributed by atoms with Crippen LogP contribution in [0.4, 0.5) is 0 Å². The fraction of sp³-hybridized carbons (Fsp3) is 0.600. The molecule has 0 aliphatic heterocycles. The maximum absolute atomic E-state index is 11.6. The average molecular weight is 295 g/mol. The minimum atomic E-state index is -1.79. The third-order valence-corrected chi connectivity index (χ3v) is 8.29. The molecule has 0 amide bonds. The number of pyridine rings is 1. The second kappa shape index (κ2) is 6.05. The van der Waals surface area contributed by atoms with Crippen LogP contribution in [-0.4, -0.2) is 26.4 Å². The quantitative estimate of drug-likeness (QED) is 0.628. The lowest BCUT2D eigenvalue weighted by molar-refractivity contribution is 0.0593. The van der Waals surface area contributed by atoms with Crippen LogP contribution in [0.2, 0.25) is 18.1 Å². The Morgan fingerprint density at radius 1 is 1.30 bits per heavy atom. The van der Waals surface area contributed by atoms with Gasteiger partial charge in [-0.3, -0.25) is 0 Å². The Bertz CT molecular complexity index is 492. The summed E-state index contributed by atoms with van der Waals surface area (Å²) < 4.78 is 10.9. The molecule has 0 saturated heterocycles. The zero-order valence-electron chi connectivity index (χ0n) is 13.5. The van der Waals surface area contributed by atoms with Crippen LogP contribution in [0.15, 0.2) is 12.1 Å². The second-order valence-electron chi connectivity index (χ2n) is 6.54. The number of hydrogen-bond donors (Lipinski definition) is 0. The van der Waals surface area contributed by atoms with Crippen molar-refractivity contribution in [3.8, 4) is 0 Å². The van der Waals surface area contributed by atoms with Crippen LogP contribution >= 0.6 is 0 Å². The molecule has 0 N–H and O–H groups in total. The van der Waals surface area contributed by atoms with Gasteiger partial charge >= 0.3 is 5.97 Å². The van der Waals surface area contributed by atoms with E-state index in [9.17, 15) is 4.79 Å². The molecule has 0 aromatic carbocycles. The minimum Gasteiger partial charge on any atom is -0.464 e. The molecule has 0 atom stereocenters. The highest BCUT2D eigenvalue weighted by atomic mass is 28.4. The molecule has 5 heteroatoms. The first-order valence-corrected chi connectivity index (χ1v) is 9.67. The first kappa shape index (κ1) is 16.9. The van der Waals surface area contributed by atoms with Gasteiger partial charge in [0, 0.05) is 5.69 Å². The minimum absolute atomic E-state index is 0.167. The van der Waals surface area contributed by atoms with Gasteiger partial charge in [0.1, 0.15) is 5.69 Å². The Balaban J connectivity index is 2.89. The van der Waals surface area contributed by atoms with Gasteiger partial charge in [0.05, 0.1) is 13.7 Å². The molecule has 0 bridgehead atoms. The van der Waals surface area contributed by atoms with E-state index in [1.165, 1.54) is 7.11 Å². The van der Waals surface area contributed by atoms with Crippen LogP contribution in [0.3, 0.4) is 0 Å². The molecule has 0 radical (unpaired) electrons. The number of carbonyl (C=O) groups is 1. The zero-order chi connectivity index (χ0) is 15.6. The summed E-state index contributed by atoms with van der Waals surface area (Å²) >= 11 is 0. The van der Waals surface area contributed by atoms with Crippen molar-refractivity contribution < 1.29 is 14.0 Å². The second-order valence-corrected chi connectivity index (χ2v) is 11.4. The van der Waals surface area contributed by atoms with Gasteiger partial charge in [0.25, 0.3) is 0 Å². The highest BCUT2D eigenvalue weighted by Crippen LogP contribution is 2.37. The fourth-order valence-corrected chi connectivity index (χ4v) is 2.47. The van der Waals surface area contributed by atoms with E-state index in [4.69, 9.17) is 9.16 Å². The van der Waals surface area contributed by atoms with Gasteiger partial charge in [-0.25, -0.2) is 9.78 Å². The molecule has 0 saturated carbocycles. The topological polar surface area (TPSA) is 48.4 Å². The molecule has 1 aromatic rings. The number of aromatic nitrogens is 1. The van der Waals surface area contributed by atoms with Crippen LogP contribution in [0.1, 0.15) is 42.5 Å². The lowest BCUT2D eigenvalue weighted by atomic mass is 10.2. The molecule has 0 aliphatic rings. The number of aryl methyl sites for hydroxylation is 1. The third kappa shape index (κ3) is 4.15. The van der Waals surface area contributed by atoms with Gasteiger partial charge in [-0.05, 0) is 42.8 Å². The van der Waals surface area contributed by atoms with E-state index < -0.39 is 14.3 Å². The molecule has 0 aliphatic carbocycles. The van der Waals surface area contributed by atoms with Gasteiger partial charge in [-0.2, -0.15) is 0 Å². The number of methoxy groups -OCH3 is 1. The Kier molecular flexibility index (Phi) is 5.10. The number of esters is 1. The summed E-state index contributed by atoms with van der Waals surface area (Å²) in [5.41, 5.74) is 2.09. The Morgan fingerprint density at radius 2 is 1.90 bits per heavy atom. The molecule has 112 valence electrons. The van der Waals surface area contributed by atoms with Crippen molar-refractivity contribution in [2.45, 2.75) is 52.4 Å². The van der Waals surface area contributed by atoms with Gasteiger partial charge in [-0.1, -0.05) is 20.8 Å². The van der Waals surface area contributed by atoms with Crippen molar-refractivity contribution in [2.24, 2.45) is 0 Å². The van der Waals surface area contributed by atoms with Crippen molar-refractivity contribution in [1.82, 2.24) is 4.98 Å². The molecule has 1 rings (SSSR count). The van der Waals surface area contributed by atoms with E-state index in [2.05, 4.69) is 38.8 Å². The first-order chi connectivity index (χ1) is 9.06. The molecule has 1 aromatic heterocycles. The zero-order valence-corrected chi connectivity index (χ0v) is 14.5. The van der Waals surface area contributed by atoms with Crippen LogP contribution in [-0.2, 0) is 15.8 Å². The maximum Gasteiger partial charge on any atom is 0.356 e. The maximum atomic E-state index is 11.6. The highest BCUT2D eigenvalue weighted by molar-refractivity contribution is 6.74. The highest BCUT2D eigenvalue weighted by Gasteiger charge is 2.37. The SMILES string of the molecule is COC(=O)c1cc(CO[Si](C)(C)C(C)(C)C)cc(C)n1. The monoisotopic (exact) mass is 295 g/mol. The van der Waals surface area contributed by atoms with Crippen LogP contribution in [0, 0.1) is 6.92 Å². The summed E-state index contributed by atoms with van der Waals surface area (Å²) in [5, 5.41) is 0.167. The third-order valence-electron chi connectivity index (χ3n) is 3.81. The van der Waals surface area contributed by atoms with Crippen molar-refractivity contribution in [3.05, 3.63) is 29.1 Å². The van der Waals surface area contributed by atoms with E-state index >= 15 is 0 Å². The van der Waals surface area contributed by atoms with Crippen molar-refractivity contribution in [2.75, 3.05) is 7.11 Å². The van der Waals surface area contributed by atoms with Crippen molar-refractivity contribution in [1.29, 1.82) is 0 Å². The molecule has 0 spiro atoms. The Hall–Kier alpha value is -1.20. The number of nitrogens with zero attached hydrogens (tertiary/aromatic N) is 1. The molecule has 20 heavy (non-hydrogen) atoms. The molecular weight excluding hydrogens is 270 g/mol. The molecular formula is C15H25NO3Si. The Morgan fingerprint density at radius 3 is 2.40 bits per heavy atom. The van der Waals surface area contributed by atoms with Crippen molar-refractivity contribution in [3.63, 3.8) is 0 Å². The molecule has 1 heterocycles. The van der Waals surface area contributed by atoms with Crippen molar-refractivity contribution >= 4 is 14.3 Å². The Labute approximate surface area is 122 Å². The van der Waals surface area contributed by atoms with E-state index in [0.29, 0.717) is 12.3 Å². The number of hydrogen-bond acceptors (Lipinski definition) is 4. The van der Waals surface area contributed by atoms with Crippen LogP contribution in [0.5, 0.6) is 0 Å². The normalized spacial score (nSPS) is 12.3. The predicted octanol–water partition coefficient (Wildman–Crippen LogP) is 3.70. The molecule has 0 unspecified atom stereocenters. The van der Waals surface area contributed by atoms with Gasteiger partial charge < -0.3 is 9.16 Å². The van der Waals surface area contributed by atoms with Gasteiger partial charge in [-0.15, -0.1) is 0 Å². The summed E-state index contributed by atoms with van der Waals surface area (Å²) in [6, 6.07) is 3.69. The van der Waals surface area contributed by atoms with Crippen LogP contribution in [0.25, 0.3) is 0 Å².